The van der Waals surface area contributed by atoms with Gasteiger partial charge in [0.1, 0.15) is 0 Å². The Hall–Kier alpha value is -2.63. The summed E-state index contributed by atoms with van der Waals surface area (Å²) in [5.41, 5.74) is 7.20. The highest BCUT2D eigenvalue weighted by atomic mass is 16.5. The summed E-state index contributed by atoms with van der Waals surface area (Å²) in [7, 11) is 0. The molecule has 0 bridgehead atoms. The molecule has 104 valence electrons. The number of nitrogen functional groups attached to an aromatic ring is 1. The Bertz CT molecular complexity index is 619. The number of nitrogens with zero attached hydrogens (tertiary/aromatic N) is 2. The van der Waals surface area contributed by atoms with Crippen LogP contribution in [0.5, 0.6) is 0 Å². The predicted octanol–water partition coefficient (Wildman–Crippen LogP) is 1.33. The molecule has 0 aliphatic carbocycles. The third-order valence-electron chi connectivity index (χ3n) is 2.55. The Labute approximate surface area is 116 Å². The van der Waals surface area contributed by atoms with E-state index < -0.39 is 0 Å². The Morgan fingerprint density at radius 2 is 2.35 bits per heavy atom. The molecule has 2 rings (SSSR count). The average molecular weight is 272 g/mol. The number of carbonyl (C=O) groups excluding carboxylic acids is 1. The van der Waals surface area contributed by atoms with Crippen molar-refractivity contribution in [1.82, 2.24) is 15.5 Å². The minimum Gasteiger partial charge on any atom is -0.399 e. The van der Waals surface area contributed by atoms with Crippen molar-refractivity contribution in [2.45, 2.75) is 13.3 Å². The lowest BCUT2D eigenvalue weighted by molar-refractivity contribution is -0.116. The maximum atomic E-state index is 11.6. The van der Waals surface area contributed by atoms with Gasteiger partial charge in [-0.2, -0.15) is 4.98 Å². The van der Waals surface area contributed by atoms with Crippen molar-refractivity contribution >= 4 is 17.7 Å². The van der Waals surface area contributed by atoms with Crippen molar-refractivity contribution < 1.29 is 9.32 Å². The Morgan fingerprint density at radius 3 is 3.05 bits per heavy atom. The molecule has 20 heavy (non-hydrogen) atoms. The maximum Gasteiger partial charge on any atom is 0.244 e. The van der Waals surface area contributed by atoms with Gasteiger partial charge in [-0.05, 0) is 30.7 Å². The fraction of sp³-hybridized carbons (Fsp3) is 0.214. The molecule has 6 heteroatoms. The normalized spacial score (nSPS) is 10.8. The molecule has 1 aromatic heterocycles. The highest BCUT2D eigenvalue weighted by molar-refractivity contribution is 5.91. The monoisotopic (exact) mass is 272 g/mol. The molecular weight excluding hydrogens is 256 g/mol. The third-order valence-corrected chi connectivity index (χ3v) is 2.55. The summed E-state index contributed by atoms with van der Waals surface area (Å²) in [6.45, 7) is 2.20. The number of aromatic nitrogens is 2. The van der Waals surface area contributed by atoms with Gasteiger partial charge in [0.05, 0.1) is 0 Å². The number of aryl methyl sites for hydroxylation is 1. The van der Waals surface area contributed by atoms with Crippen LogP contribution >= 0.6 is 0 Å². The quantitative estimate of drug-likeness (QED) is 0.632. The van der Waals surface area contributed by atoms with Crippen molar-refractivity contribution in [1.29, 1.82) is 0 Å². The standard InChI is InChI=1S/C14H16N4O2/c1-10-17-14(20-18-10)7-8-16-13(19)6-5-11-3-2-4-12(15)9-11/h2-6,9H,7-8,15H2,1H3,(H,16,19)/b6-5+. The zero-order valence-corrected chi connectivity index (χ0v) is 11.2. The van der Waals surface area contributed by atoms with Gasteiger partial charge in [0.25, 0.3) is 0 Å². The summed E-state index contributed by atoms with van der Waals surface area (Å²) in [5, 5.41) is 6.41. The number of amides is 1. The first-order valence-corrected chi connectivity index (χ1v) is 6.24. The van der Waals surface area contributed by atoms with Gasteiger partial charge >= 0.3 is 0 Å². The van der Waals surface area contributed by atoms with Crippen LogP contribution in [0.25, 0.3) is 6.08 Å². The number of rotatable bonds is 5. The lowest BCUT2D eigenvalue weighted by Gasteiger charge is -1.99. The first kappa shape index (κ1) is 13.8. The number of hydrogen-bond acceptors (Lipinski definition) is 5. The highest BCUT2D eigenvalue weighted by Gasteiger charge is 2.02. The number of nitrogens with one attached hydrogen (secondary N) is 1. The van der Waals surface area contributed by atoms with E-state index >= 15 is 0 Å². The van der Waals surface area contributed by atoms with E-state index in [0.29, 0.717) is 30.4 Å². The van der Waals surface area contributed by atoms with Crippen LogP contribution < -0.4 is 11.1 Å². The summed E-state index contributed by atoms with van der Waals surface area (Å²) in [4.78, 5) is 15.7. The minimum atomic E-state index is -0.177. The van der Waals surface area contributed by atoms with Crippen molar-refractivity contribution in [2.24, 2.45) is 0 Å². The van der Waals surface area contributed by atoms with Gasteiger partial charge in [-0.1, -0.05) is 17.3 Å². The molecule has 0 aliphatic heterocycles. The largest absolute Gasteiger partial charge is 0.399 e. The van der Waals surface area contributed by atoms with Gasteiger partial charge in [0, 0.05) is 24.7 Å². The molecule has 0 spiro atoms. The third kappa shape index (κ3) is 4.24. The maximum absolute atomic E-state index is 11.6. The summed E-state index contributed by atoms with van der Waals surface area (Å²) < 4.78 is 4.94. The molecule has 1 aromatic carbocycles. The van der Waals surface area contributed by atoms with E-state index in [0.717, 1.165) is 5.56 Å². The summed E-state index contributed by atoms with van der Waals surface area (Å²) in [5.74, 6) is 0.930. The van der Waals surface area contributed by atoms with E-state index in [-0.39, 0.29) is 5.91 Å². The topological polar surface area (TPSA) is 94.0 Å². The van der Waals surface area contributed by atoms with Crippen LogP contribution in [0, 0.1) is 6.92 Å². The van der Waals surface area contributed by atoms with Gasteiger partial charge in [0.15, 0.2) is 5.82 Å². The second-order valence-corrected chi connectivity index (χ2v) is 4.28. The fourth-order valence-electron chi connectivity index (χ4n) is 1.63. The van der Waals surface area contributed by atoms with Crippen molar-refractivity contribution in [3.63, 3.8) is 0 Å². The zero-order chi connectivity index (χ0) is 14.4. The molecule has 2 aromatic rings. The first-order chi connectivity index (χ1) is 9.63. The number of nitrogens with two attached hydrogens (primary N) is 1. The van der Waals surface area contributed by atoms with Gasteiger partial charge in [-0.3, -0.25) is 4.79 Å². The fourth-order valence-corrected chi connectivity index (χ4v) is 1.63. The van der Waals surface area contributed by atoms with Crippen LogP contribution in [0.4, 0.5) is 5.69 Å². The van der Waals surface area contributed by atoms with E-state index in [1.807, 2.05) is 12.1 Å². The van der Waals surface area contributed by atoms with Crippen molar-refractivity contribution in [2.75, 3.05) is 12.3 Å². The molecule has 1 amide bonds. The predicted molar refractivity (Wildman–Crippen MR) is 75.6 cm³/mol. The number of anilines is 1. The molecule has 0 aliphatic rings. The van der Waals surface area contributed by atoms with Crippen LogP contribution in [0.15, 0.2) is 34.9 Å². The van der Waals surface area contributed by atoms with E-state index in [9.17, 15) is 4.79 Å². The van der Waals surface area contributed by atoms with Crippen LogP contribution in [0.3, 0.4) is 0 Å². The number of hydrogen-bond donors (Lipinski definition) is 2. The molecule has 0 fully saturated rings. The second kappa shape index (κ2) is 6.51. The molecule has 3 N–H and O–H groups in total. The van der Waals surface area contributed by atoms with Gasteiger partial charge < -0.3 is 15.6 Å². The molecule has 6 nitrogen and oxygen atoms in total. The van der Waals surface area contributed by atoms with Crippen LogP contribution in [-0.2, 0) is 11.2 Å². The SMILES string of the molecule is Cc1noc(CCNC(=O)/C=C/c2cccc(N)c2)n1. The molecule has 0 atom stereocenters. The molecule has 1 heterocycles. The lowest BCUT2D eigenvalue weighted by atomic mass is 10.2. The van der Waals surface area contributed by atoms with Crippen LogP contribution in [0.2, 0.25) is 0 Å². The smallest absolute Gasteiger partial charge is 0.244 e. The van der Waals surface area contributed by atoms with E-state index in [1.54, 1.807) is 25.1 Å². The molecule has 0 radical (unpaired) electrons. The lowest BCUT2D eigenvalue weighted by Crippen LogP contribution is -2.23. The van der Waals surface area contributed by atoms with Crippen molar-refractivity contribution in [3.05, 3.63) is 47.6 Å². The highest BCUT2D eigenvalue weighted by Crippen LogP contribution is 2.07. The average Bonchev–Trinajstić information content (AvgIpc) is 2.82. The number of carbonyl (C=O) groups is 1. The second-order valence-electron chi connectivity index (χ2n) is 4.28. The van der Waals surface area contributed by atoms with Crippen LogP contribution in [-0.4, -0.2) is 22.6 Å². The minimum absolute atomic E-state index is 0.177. The summed E-state index contributed by atoms with van der Waals surface area (Å²) in [6.07, 6.45) is 3.69. The summed E-state index contributed by atoms with van der Waals surface area (Å²) >= 11 is 0. The van der Waals surface area contributed by atoms with Crippen molar-refractivity contribution in [3.8, 4) is 0 Å². The molecular formula is C14H16N4O2. The van der Waals surface area contributed by atoms with Gasteiger partial charge in [-0.15, -0.1) is 0 Å². The molecule has 0 saturated carbocycles. The van der Waals surface area contributed by atoms with E-state index in [4.69, 9.17) is 10.3 Å². The Kier molecular flexibility index (Phi) is 4.49. The van der Waals surface area contributed by atoms with Gasteiger partial charge in [-0.25, -0.2) is 0 Å². The van der Waals surface area contributed by atoms with Crippen LogP contribution in [0.1, 0.15) is 17.3 Å². The Balaban J connectivity index is 1.78. The van der Waals surface area contributed by atoms with E-state index in [2.05, 4.69) is 15.5 Å². The zero-order valence-electron chi connectivity index (χ0n) is 11.2. The van der Waals surface area contributed by atoms with Gasteiger partial charge in [0.2, 0.25) is 11.8 Å². The Morgan fingerprint density at radius 1 is 1.50 bits per heavy atom. The van der Waals surface area contributed by atoms with E-state index in [1.165, 1.54) is 6.08 Å². The molecule has 0 saturated heterocycles. The number of benzene rings is 1. The molecule has 0 unspecified atom stereocenters. The first-order valence-electron chi connectivity index (χ1n) is 6.24. The summed E-state index contributed by atoms with van der Waals surface area (Å²) in [6, 6.07) is 7.31.